The van der Waals surface area contributed by atoms with Crippen molar-refractivity contribution in [3.05, 3.63) is 93.1 Å². The van der Waals surface area contributed by atoms with Crippen LogP contribution in [0.25, 0.3) is 0 Å². The molecule has 0 aliphatic rings. The number of para-hydroxylation sites is 1. The topological polar surface area (TPSA) is 90.5 Å². The summed E-state index contributed by atoms with van der Waals surface area (Å²) in [6, 6.07) is 17.0. The van der Waals surface area contributed by atoms with Gasteiger partial charge in [0, 0.05) is 15.8 Å². The van der Waals surface area contributed by atoms with Crippen LogP contribution in [0.3, 0.4) is 0 Å². The summed E-state index contributed by atoms with van der Waals surface area (Å²) in [6.45, 7) is -0.414. The Morgan fingerprint density at radius 1 is 0.971 bits per heavy atom. The van der Waals surface area contributed by atoms with Crippen molar-refractivity contribution >= 4 is 45.8 Å². The van der Waals surface area contributed by atoms with E-state index < -0.39 is 36.2 Å². The molecule has 2 amide bonds. The standard InChI is InChI=1S/C24H21F3IN3O3/c25-24(26,27)16-6-4-8-18(12-16)30-20-10-2-1-9-19(20)22(33)31-21(14-32)23(34)29-13-15-5-3-7-17(28)11-15/h1-12,21,30,32H,13-14H2,(H,29,34)(H,31,33)/t21-/m0/s1. The maximum atomic E-state index is 13.0. The molecule has 10 heteroatoms. The highest BCUT2D eigenvalue weighted by molar-refractivity contribution is 14.1. The van der Waals surface area contributed by atoms with Gasteiger partial charge in [-0.25, -0.2) is 0 Å². The van der Waals surface area contributed by atoms with E-state index in [1.165, 1.54) is 24.3 Å². The fourth-order valence-electron chi connectivity index (χ4n) is 3.11. The number of anilines is 2. The lowest BCUT2D eigenvalue weighted by atomic mass is 10.1. The van der Waals surface area contributed by atoms with Crippen LogP contribution in [-0.2, 0) is 17.5 Å². The Kier molecular flexibility index (Phi) is 8.51. The summed E-state index contributed by atoms with van der Waals surface area (Å²) in [4.78, 5) is 25.3. The van der Waals surface area contributed by atoms with Gasteiger partial charge < -0.3 is 21.1 Å². The second-order valence-corrected chi connectivity index (χ2v) is 8.55. The highest BCUT2D eigenvalue weighted by Gasteiger charge is 2.30. The maximum Gasteiger partial charge on any atom is 0.416 e. The van der Waals surface area contributed by atoms with Crippen LogP contribution in [0, 0.1) is 3.57 Å². The molecular formula is C24H21F3IN3O3. The molecule has 178 valence electrons. The fraction of sp³-hybridized carbons (Fsp3) is 0.167. The number of aliphatic hydroxyl groups is 1. The fourth-order valence-corrected chi connectivity index (χ4v) is 3.72. The van der Waals surface area contributed by atoms with Crippen molar-refractivity contribution in [1.82, 2.24) is 10.6 Å². The zero-order valence-electron chi connectivity index (χ0n) is 17.7. The summed E-state index contributed by atoms with van der Waals surface area (Å²) >= 11 is 2.15. The third kappa shape index (κ3) is 6.94. The van der Waals surface area contributed by atoms with E-state index in [0.717, 1.165) is 21.3 Å². The van der Waals surface area contributed by atoms with Gasteiger partial charge >= 0.3 is 6.18 Å². The van der Waals surface area contributed by atoms with Crippen molar-refractivity contribution in [2.24, 2.45) is 0 Å². The summed E-state index contributed by atoms with van der Waals surface area (Å²) in [5.41, 5.74) is 0.520. The van der Waals surface area contributed by atoms with Gasteiger partial charge in [0.05, 0.1) is 23.4 Å². The molecule has 0 fully saturated rings. The van der Waals surface area contributed by atoms with E-state index in [2.05, 4.69) is 38.5 Å². The Hall–Kier alpha value is -3.12. The molecule has 6 nitrogen and oxygen atoms in total. The first kappa shape index (κ1) is 25.5. The first-order chi connectivity index (χ1) is 16.2. The Morgan fingerprint density at radius 2 is 1.71 bits per heavy atom. The van der Waals surface area contributed by atoms with Gasteiger partial charge in [-0.05, 0) is 70.6 Å². The van der Waals surface area contributed by atoms with Gasteiger partial charge in [0.1, 0.15) is 6.04 Å². The van der Waals surface area contributed by atoms with E-state index in [0.29, 0.717) is 0 Å². The van der Waals surface area contributed by atoms with Gasteiger partial charge in [-0.1, -0.05) is 30.3 Å². The Labute approximate surface area is 207 Å². The minimum absolute atomic E-state index is 0.101. The van der Waals surface area contributed by atoms with Gasteiger partial charge in [0.25, 0.3) is 5.91 Å². The first-order valence-corrected chi connectivity index (χ1v) is 11.2. The molecule has 0 unspecified atom stereocenters. The molecule has 0 saturated carbocycles. The van der Waals surface area contributed by atoms with Gasteiger partial charge in [-0.15, -0.1) is 0 Å². The van der Waals surface area contributed by atoms with Crippen LogP contribution in [0.4, 0.5) is 24.5 Å². The van der Waals surface area contributed by atoms with Crippen LogP contribution < -0.4 is 16.0 Å². The van der Waals surface area contributed by atoms with E-state index in [1.54, 1.807) is 12.1 Å². The second-order valence-electron chi connectivity index (χ2n) is 7.31. The highest BCUT2D eigenvalue weighted by atomic mass is 127. The number of carbonyl (C=O) groups is 2. The van der Waals surface area contributed by atoms with Gasteiger partial charge in [-0.2, -0.15) is 13.2 Å². The number of benzene rings is 3. The van der Waals surface area contributed by atoms with E-state index >= 15 is 0 Å². The number of hydrogen-bond donors (Lipinski definition) is 4. The Balaban J connectivity index is 1.70. The van der Waals surface area contributed by atoms with Crippen molar-refractivity contribution in [1.29, 1.82) is 0 Å². The quantitative estimate of drug-likeness (QED) is 0.295. The molecule has 1 atom stereocenters. The lowest BCUT2D eigenvalue weighted by Crippen LogP contribution is -2.48. The molecule has 0 radical (unpaired) electrons. The Morgan fingerprint density at radius 3 is 2.41 bits per heavy atom. The number of alkyl halides is 3. The van der Waals surface area contributed by atoms with Gasteiger partial charge in [0.15, 0.2) is 0 Å². The summed E-state index contributed by atoms with van der Waals surface area (Å²) in [5.74, 6) is -1.24. The van der Waals surface area contributed by atoms with Crippen molar-refractivity contribution in [3.63, 3.8) is 0 Å². The van der Waals surface area contributed by atoms with Crippen molar-refractivity contribution in [3.8, 4) is 0 Å². The van der Waals surface area contributed by atoms with Crippen LogP contribution in [-0.4, -0.2) is 29.6 Å². The lowest BCUT2D eigenvalue weighted by Gasteiger charge is -2.18. The van der Waals surface area contributed by atoms with Crippen molar-refractivity contribution in [2.45, 2.75) is 18.8 Å². The molecule has 3 aromatic carbocycles. The summed E-state index contributed by atoms with van der Waals surface area (Å²) in [5, 5.41) is 17.6. The van der Waals surface area contributed by atoms with E-state index in [4.69, 9.17) is 0 Å². The molecule has 0 aliphatic carbocycles. The predicted octanol–water partition coefficient (Wildman–Crippen LogP) is 4.46. The van der Waals surface area contributed by atoms with Crippen LogP contribution >= 0.6 is 22.6 Å². The number of rotatable bonds is 8. The average molecular weight is 583 g/mol. The number of amides is 2. The second kappa shape index (κ2) is 11.3. The molecule has 0 aliphatic heterocycles. The van der Waals surface area contributed by atoms with Crippen molar-refractivity contribution < 1.29 is 27.9 Å². The minimum Gasteiger partial charge on any atom is -0.394 e. The number of nitrogens with one attached hydrogen (secondary N) is 3. The molecular weight excluding hydrogens is 562 g/mol. The summed E-state index contributed by atoms with van der Waals surface area (Å²) in [7, 11) is 0. The first-order valence-electron chi connectivity index (χ1n) is 10.1. The smallest absolute Gasteiger partial charge is 0.394 e. The van der Waals surface area contributed by atoms with Crippen LogP contribution in [0.5, 0.6) is 0 Å². The molecule has 3 rings (SSSR count). The number of hydrogen-bond acceptors (Lipinski definition) is 4. The number of carbonyl (C=O) groups excluding carboxylic acids is 2. The van der Waals surface area contributed by atoms with Crippen molar-refractivity contribution in [2.75, 3.05) is 11.9 Å². The molecule has 4 N–H and O–H groups in total. The SMILES string of the molecule is O=C(N[C@@H](CO)C(=O)NCc1cccc(I)c1)c1ccccc1Nc1cccc(C(F)(F)F)c1. The van der Waals surface area contributed by atoms with Gasteiger partial charge in [0.2, 0.25) is 5.91 Å². The predicted molar refractivity (Wildman–Crippen MR) is 131 cm³/mol. The molecule has 0 heterocycles. The third-order valence-corrected chi connectivity index (χ3v) is 5.47. The summed E-state index contributed by atoms with van der Waals surface area (Å²) < 4.78 is 40.0. The molecule has 34 heavy (non-hydrogen) atoms. The molecule has 3 aromatic rings. The monoisotopic (exact) mass is 583 g/mol. The van der Waals surface area contributed by atoms with Crippen LogP contribution in [0.1, 0.15) is 21.5 Å². The zero-order chi connectivity index (χ0) is 24.7. The molecule has 0 spiro atoms. The number of halogens is 4. The molecule has 0 bridgehead atoms. The zero-order valence-corrected chi connectivity index (χ0v) is 19.9. The lowest BCUT2D eigenvalue weighted by molar-refractivity contribution is -0.137. The van der Waals surface area contributed by atoms with E-state index in [1.807, 2.05) is 24.3 Å². The maximum absolute atomic E-state index is 13.0. The number of aliphatic hydroxyl groups excluding tert-OH is 1. The molecule has 0 aromatic heterocycles. The highest BCUT2D eigenvalue weighted by Crippen LogP contribution is 2.31. The molecule has 0 saturated heterocycles. The minimum atomic E-state index is -4.51. The third-order valence-electron chi connectivity index (χ3n) is 4.80. The van der Waals surface area contributed by atoms with Crippen LogP contribution in [0.15, 0.2) is 72.8 Å². The van der Waals surface area contributed by atoms with E-state index in [-0.39, 0.29) is 23.5 Å². The Bertz CT molecular complexity index is 1170. The van der Waals surface area contributed by atoms with E-state index in [9.17, 15) is 27.9 Å². The van der Waals surface area contributed by atoms with Crippen LogP contribution in [0.2, 0.25) is 0 Å². The largest absolute Gasteiger partial charge is 0.416 e. The average Bonchev–Trinajstić information content (AvgIpc) is 2.81. The van der Waals surface area contributed by atoms with Gasteiger partial charge in [-0.3, -0.25) is 9.59 Å². The normalized spacial score (nSPS) is 12.0. The summed E-state index contributed by atoms with van der Waals surface area (Å²) in [6.07, 6.45) is -4.51.